The highest BCUT2D eigenvalue weighted by atomic mass is 16.2. The molecule has 5 nitrogen and oxygen atoms in total. The van der Waals surface area contributed by atoms with E-state index in [2.05, 4.69) is 60.6 Å². The molecule has 2 amide bonds. The normalized spacial score (nSPS) is 28.4. The number of benzene rings is 1. The highest BCUT2D eigenvalue weighted by molar-refractivity contribution is 5.78. The van der Waals surface area contributed by atoms with Gasteiger partial charge in [0.25, 0.3) is 0 Å². The lowest BCUT2D eigenvalue weighted by Gasteiger charge is -2.49. The predicted molar refractivity (Wildman–Crippen MR) is 107 cm³/mol. The van der Waals surface area contributed by atoms with E-state index in [1.54, 1.807) is 0 Å². The molecule has 146 valence electrons. The van der Waals surface area contributed by atoms with Crippen molar-refractivity contribution in [3.8, 4) is 6.07 Å². The summed E-state index contributed by atoms with van der Waals surface area (Å²) in [5.74, 6) is 0. The molecule has 1 aliphatic carbocycles. The van der Waals surface area contributed by atoms with Gasteiger partial charge in [-0.15, -0.1) is 0 Å². The SMILES string of the molecule is CCN(C)C1(c2ccccc2)CCC2(CC1)CN(CC(C)(C)C#N)C(=O)N2. The van der Waals surface area contributed by atoms with Crippen molar-refractivity contribution in [2.24, 2.45) is 5.41 Å². The van der Waals surface area contributed by atoms with Crippen LogP contribution < -0.4 is 5.32 Å². The summed E-state index contributed by atoms with van der Waals surface area (Å²) in [4.78, 5) is 16.9. The maximum absolute atomic E-state index is 12.6. The lowest BCUT2D eigenvalue weighted by atomic mass is 9.68. The number of hydrogen-bond donors (Lipinski definition) is 1. The van der Waals surface area contributed by atoms with E-state index in [0.717, 1.165) is 32.2 Å². The van der Waals surface area contributed by atoms with Crippen LogP contribution in [0.3, 0.4) is 0 Å². The third-order valence-corrected chi connectivity index (χ3v) is 6.59. The van der Waals surface area contributed by atoms with Gasteiger partial charge in [-0.2, -0.15) is 5.26 Å². The molecular formula is C22H32N4O. The van der Waals surface area contributed by atoms with E-state index in [-0.39, 0.29) is 17.1 Å². The van der Waals surface area contributed by atoms with Crippen LogP contribution >= 0.6 is 0 Å². The molecule has 3 rings (SSSR count). The van der Waals surface area contributed by atoms with Crippen LogP contribution in [0.2, 0.25) is 0 Å². The molecule has 0 radical (unpaired) electrons. The number of nitrogens with one attached hydrogen (secondary N) is 1. The number of carbonyl (C=O) groups excluding carboxylic acids is 1. The second-order valence-electron chi connectivity index (χ2n) is 8.97. The standard InChI is InChI=1S/C22H32N4O/c1-5-25(4)22(18-9-7-6-8-10-18)13-11-21(12-14-22)17-26(19(27)24-21)16-20(2,3)15-23/h6-10H,5,11-14,16-17H2,1-4H3,(H,24,27). The molecule has 1 saturated carbocycles. The Bertz CT molecular complexity index is 714. The van der Waals surface area contributed by atoms with Gasteiger partial charge in [0, 0.05) is 18.6 Å². The first-order valence-corrected chi connectivity index (χ1v) is 10.0. The van der Waals surface area contributed by atoms with E-state index in [9.17, 15) is 10.1 Å². The van der Waals surface area contributed by atoms with E-state index in [1.165, 1.54) is 5.56 Å². The number of nitrogens with zero attached hydrogens (tertiary/aromatic N) is 3. The second-order valence-corrected chi connectivity index (χ2v) is 8.97. The summed E-state index contributed by atoms with van der Waals surface area (Å²) < 4.78 is 0. The summed E-state index contributed by atoms with van der Waals surface area (Å²) in [7, 11) is 2.21. The molecule has 0 atom stereocenters. The number of rotatable bonds is 5. The Morgan fingerprint density at radius 3 is 2.41 bits per heavy atom. The Labute approximate surface area is 163 Å². The minimum atomic E-state index is -0.520. The molecule has 1 aromatic carbocycles. The average molecular weight is 369 g/mol. The molecule has 27 heavy (non-hydrogen) atoms. The molecule has 1 aromatic rings. The quantitative estimate of drug-likeness (QED) is 0.862. The van der Waals surface area contributed by atoms with Crippen LogP contribution in [-0.4, -0.2) is 48.1 Å². The minimum absolute atomic E-state index is 0.0191. The first-order valence-electron chi connectivity index (χ1n) is 10.0. The summed E-state index contributed by atoms with van der Waals surface area (Å²) >= 11 is 0. The van der Waals surface area contributed by atoms with E-state index in [4.69, 9.17) is 0 Å². The monoisotopic (exact) mass is 368 g/mol. The van der Waals surface area contributed by atoms with Crippen molar-refractivity contribution in [1.29, 1.82) is 5.26 Å². The third kappa shape index (κ3) is 3.68. The fraction of sp³-hybridized carbons (Fsp3) is 0.636. The smallest absolute Gasteiger partial charge is 0.318 e. The zero-order chi connectivity index (χ0) is 19.7. The van der Waals surface area contributed by atoms with Crippen LogP contribution in [0.4, 0.5) is 4.79 Å². The molecule has 0 aromatic heterocycles. The van der Waals surface area contributed by atoms with Crippen molar-refractivity contribution in [2.45, 2.75) is 57.5 Å². The van der Waals surface area contributed by atoms with Crippen molar-refractivity contribution in [2.75, 3.05) is 26.7 Å². The highest BCUT2D eigenvalue weighted by Crippen LogP contribution is 2.46. The molecule has 0 bridgehead atoms. The average Bonchev–Trinajstić information content (AvgIpc) is 2.97. The van der Waals surface area contributed by atoms with Gasteiger partial charge in [-0.05, 0) is 58.7 Å². The molecular weight excluding hydrogens is 336 g/mol. The zero-order valence-corrected chi connectivity index (χ0v) is 17.1. The first kappa shape index (κ1) is 19.7. The van der Waals surface area contributed by atoms with Gasteiger partial charge >= 0.3 is 6.03 Å². The lowest BCUT2D eigenvalue weighted by Crippen LogP contribution is -2.54. The maximum atomic E-state index is 12.6. The van der Waals surface area contributed by atoms with Gasteiger partial charge in [0.1, 0.15) is 0 Å². The Balaban J connectivity index is 1.77. The van der Waals surface area contributed by atoms with Gasteiger partial charge in [-0.3, -0.25) is 4.90 Å². The van der Waals surface area contributed by atoms with Crippen molar-refractivity contribution >= 4 is 6.03 Å². The number of hydrogen-bond acceptors (Lipinski definition) is 3. The number of amides is 2. The van der Waals surface area contributed by atoms with Crippen LogP contribution in [0.25, 0.3) is 0 Å². The van der Waals surface area contributed by atoms with E-state index >= 15 is 0 Å². The zero-order valence-electron chi connectivity index (χ0n) is 17.1. The van der Waals surface area contributed by atoms with Crippen LogP contribution in [0.5, 0.6) is 0 Å². The summed E-state index contributed by atoms with van der Waals surface area (Å²) in [6.45, 7) is 8.17. The second kappa shape index (κ2) is 7.16. The Kier molecular flexibility index (Phi) is 5.22. The fourth-order valence-corrected chi connectivity index (χ4v) is 4.79. The third-order valence-electron chi connectivity index (χ3n) is 6.59. The van der Waals surface area contributed by atoms with E-state index in [1.807, 2.05) is 18.7 Å². The topological polar surface area (TPSA) is 59.4 Å². The minimum Gasteiger partial charge on any atom is -0.331 e. The summed E-state index contributed by atoms with van der Waals surface area (Å²) in [6.07, 6.45) is 3.97. The largest absolute Gasteiger partial charge is 0.331 e. The molecule has 2 fully saturated rings. The van der Waals surface area contributed by atoms with E-state index < -0.39 is 5.41 Å². The first-order chi connectivity index (χ1) is 12.8. The summed E-state index contributed by atoms with van der Waals surface area (Å²) in [6, 6.07) is 13.1. The number of nitriles is 1. The summed E-state index contributed by atoms with van der Waals surface area (Å²) in [5, 5.41) is 12.6. The van der Waals surface area contributed by atoms with Gasteiger partial charge in [-0.1, -0.05) is 37.3 Å². The van der Waals surface area contributed by atoms with Crippen molar-refractivity contribution < 1.29 is 4.79 Å². The molecule has 1 aliphatic heterocycles. The van der Waals surface area contributed by atoms with Gasteiger partial charge in [-0.25, -0.2) is 4.79 Å². The molecule has 0 unspecified atom stereocenters. The highest BCUT2D eigenvalue weighted by Gasteiger charge is 2.50. The molecule has 2 aliphatic rings. The fourth-order valence-electron chi connectivity index (χ4n) is 4.79. The van der Waals surface area contributed by atoms with Crippen LogP contribution in [0.15, 0.2) is 30.3 Å². The molecule has 1 N–H and O–H groups in total. The van der Waals surface area contributed by atoms with Crippen LogP contribution in [0, 0.1) is 16.7 Å². The van der Waals surface area contributed by atoms with Crippen molar-refractivity contribution in [3.63, 3.8) is 0 Å². The number of urea groups is 1. The molecule has 1 saturated heterocycles. The predicted octanol–water partition coefficient (Wildman–Crippen LogP) is 3.72. The molecule has 1 heterocycles. The lowest BCUT2D eigenvalue weighted by molar-refractivity contribution is 0.0457. The van der Waals surface area contributed by atoms with Gasteiger partial charge in [0.05, 0.1) is 17.0 Å². The molecule has 1 spiro atoms. The van der Waals surface area contributed by atoms with Crippen molar-refractivity contribution in [1.82, 2.24) is 15.1 Å². The maximum Gasteiger partial charge on any atom is 0.318 e. The van der Waals surface area contributed by atoms with Crippen LogP contribution in [-0.2, 0) is 5.54 Å². The van der Waals surface area contributed by atoms with Gasteiger partial charge in [0.15, 0.2) is 0 Å². The van der Waals surface area contributed by atoms with E-state index in [0.29, 0.717) is 13.1 Å². The number of carbonyl (C=O) groups is 1. The van der Waals surface area contributed by atoms with Crippen LogP contribution in [0.1, 0.15) is 52.0 Å². The Hall–Kier alpha value is -2.06. The van der Waals surface area contributed by atoms with Gasteiger partial charge in [0.2, 0.25) is 0 Å². The van der Waals surface area contributed by atoms with Crippen molar-refractivity contribution in [3.05, 3.63) is 35.9 Å². The summed E-state index contributed by atoms with van der Waals surface area (Å²) in [5.41, 5.74) is 0.727. The molecule has 5 heteroatoms. The Morgan fingerprint density at radius 2 is 1.85 bits per heavy atom. The van der Waals surface area contributed by atoms with Gasteiger partial charge < -0.3 is 10.2 Å². The Morgan fingerprint density at radius 1 is 1.22 bits per heavy atom.